The number of hydrogen-bond donors (Lipinski definition) is 1. The Labute approximate surface area is 118 Å². The van der Waals surface area contributed by atoms with Crippen LogP contribution >= 0.6 is 0 Å². The molecule has 1 saturated heterocycles. The van der Waals surface area contributed by atoms with Gasteiger partial charge in [0.1, 0.15) is 12.1 Å². The lowest BCUT2D eigenvalue weighted by Gasteiger charge is -2.09. The van der Waals surface area contributed by atoms with Crippen LogP contribution in [0.5, 0.6) is 0 Å². The van der Waals surface area contributed by atoms with Crippen molar-refractivity contribution in [1.82, 2.24) is 15.0 Å². The van der Waals surface area contributed by atoms with E-state index in [-0.39, 0.29) is 0 Å². The molecule has 5 nitrogen and oxygen atoms in total. The van der Waals surface area contributed by atoms with Gasteiger partial charge in [0.25, 0.3) is 0 Å². The molecule has 2 aromatic heterocycles. The van der Waals surface area contributed by atoms with Gasteiger partial charge in [-0.15, -0.1) is 0 Å². The number of aromatic nitrogens is 3. The van der Waals surface area contributed by atoms with Gasteiger partial charge < -0.3 is 10.1 Å². The Balaban J connectivity index is 1.56. The van der Waals surface area contributed by atoms with E-state index in [1.807, 2.05) is 30.5 Å². The van der Waals surface area contributed by atoms with E-state index in [1.54, 1.807) is 6.33 Å². The Hall–Kier alpha value is -2.01. The molecule has 0 aromatic carbocycles. The number of hydrogen-bond acceptors (Lipinski definition) is 5. The summed E-state index contributed by atoms with van der Waals surface area (Å²) in [4.78, 5) is 12.9. The molecule has 0 amide bonds. The van der Waals surface area contributed by atoms with Crippen molar-refractivity contribution in [1.29, 1.82) is 0 Å². The maximum absolute atomic E-state index is 5.40. The van der Waals surface area contributed by atoms with Crippen molar-refractivity contribution in [3.63, 3.8) is 0 Å². The van der Waals surface area contributed by atoms with Crippen LogP contribution in [0, 0.1) is 0 Å². The molecule has 0 bridgehead atoms. The van der Waals surface area contributed by atoms with Crippen LogP contribution in [0.15, 0.2) is 36.8 Å². The van der Waals surface area contributed by atoms with Crippen LogP contribution in [-0.4, -0.2) is 34.7 Å². The van der Waals surface area contributed by atoms with E-state index in [2.05, 4.69) is 20.3 Å². The molecule has 20 heavy (non-hydrogen) atoms. The first-order valence-corrected chi connectivity index (χ1v) is 6.95. The van der Waals surface area contributed by atoms with Crippen LogP contribution in [-0.2, 0) is 11.2 Å². The lowest BCUT2D eigenvalue weighted by molar-refractivity contribution is 0.193. The first kappa shape index (κ1) is 13.0. The summed E-state index contributed by atoms with van der Waals surface area (Å²) in [6.07, 6.45) is 5.37. The molecular formula is C15H18N4O. The van der Waals surface area contributed by atoms with E-state index >= 15 is 0 Å². The molecule has 0 spiro atoms. The number of rotatable bonds is 5. The summed E-state index contributed by atoms with van der Waals surface area (Å²) >= 11 is 0. The highest BCUT2D eigenvalue weighted by atomic mass is 16.5. The number of ether oxygens (including phenoxy) is 1. The van der Waals surface area contributed by atoms with Crippen molar-refractivity contribution in [2.45, 2.75) is 18.8 Å². The number of nitrogens with one attached hydrogen (secondary N) is 1. The van der Waals surface area contributed by atoms with Gasteiger partial charge >= 0.3 is 0 Å². The molecule has 104 valence electrons. The van der Waals surface area contributed by atoms with Crippen LogP contribution < -0.4 is 5.32 Å². The second-order valence-corrected chi connectivity index (χ2v) is 4.89. The van der Waals surface area contributed by atoms with Crippen molar-refractivity contribution in [2.24, 2.45) is 0 Å². The summed E-state index contributed by atoms with van der Waals surface area (Å²) in [7, 11) is 0. The molecule has 3 rings (SSSR count). The predicted molar refractivity (Wildman–Crippen MR) is 76.6 cm³/mol. The van der Waals surface area contributed by atoms with Crippen molar-refractivity contribution < 1.29 is 4.74 Å². The Morgan fingerprint density at radius 2 is 2.25 bits per heavy atom. The molecule has 0 unspecified atom stereocenters. The van der Waals surface area contributed by atoms with Crippen LogP contribution in [0.3, 0.4) is 0 Å². The molecule has 1 atom stereocenters. The van der Waals surface area contributed by atoms with E-state index < -0.39 is 0 Å². The Kier molecular flexibility index (Phi) is 4.18. The molecule has 1 N–H and O–H groups in total. The average molecular weight is 270 g/mol. The monoisotopic (exact) mass is 270 g/mol. The molecule has 1 aliphatic rings. The molecule has 0 aliphatic carbocycles. The van der Waals surface area contributed by atoms with Gasteiger partial charge in [-0.05, 0) is 18.6 Å². The molecule has 0 saturated carbocycles. The van der Waals surface area contributed by atoms with Gasteiger partial charge in [-0.2, -0.15) is 0 Å². The fourth-order valence-corrected chi connectivity index (χ4v) is 2.32. The molecule has 1 aliphatic heterocycles. The second kappa shape index (κ2) is 6.43. The van der Waals surface area contributed by atoms with Crippen molar-refractivity contribution in [3.05, 3.63) is 48.2 Å². The summed E-state index contributed by atoms with van der Waals surface area (Å²) in [5.74, 6) is 1.28. The maximum Gasteiger partial charge on any atom is 0.129 e. The van der Waals surface area contributed by atoms with E-state index in [9.17, 15) is 0 Å². The van der Waals surface area contributed by atoms with Gasteiger partial charge in [-0.3, -0.25) is 4.98 Å². The molecule has 0 radical (unpaired) electrons. The van der Waals surface area contributed by atoms with Crippen molar-refractivity contribution in [2.75, 3.05) is 25.1 Å². The second-order valence-electron chi connectivity index (χ2n) is 4.89. The molecule has 3 heterocycles. The standard InChI is InChI=1S/C15H18N4O/c1-2-6-16-13(3-1)4-7-17-15-9-14(18-11-19-15)12-5-8-20-10-12/h1-3,6,9,11-12H,4-5,7-8,10H2,(H,17,18,19)/t12-/m0/s1. The summed E-state index contributed by atoms with van der Waals surface area (Å²) in [5, 5.41) is 3.33. The van der Waals surface area contributed by atoms with E-state index in [0.29, 0.717) is 5.92 Å². The van der Waals surface area contributed by atoms with Gasteiger partial charge in [-0.25, -0.2) is 9.97 Å². The number of anilines is 1. The zero-order valence-corrected chi connectivity index (χ0v) is 11.3. The smallest absolute Gasteiger partial charge is 0.129 e. The largest absolute Gasteiger partial charge is 0.381 e. The number of nitrogens with zero attached hydrogens (tertiary/aromatic N) is 3. The normalized spacial score (nSPS) is 18.1. The highest BCUT2D eigenvalue weighted by molar-refractivity contribution is 5.36. The first-order valence-electron chi connectivity index (χ1n) is 6.95. The highest BCUT2D eigenvalue weighted by Crippen LogP contribution is 2.24. The van der Waals surface area contributed by atoms with Crippen LogP contribution in [0.4, 0.5) is 5.82 Å². The zero-order chi connectivity index (χ0) is 13.6. The predicted octanol–water partition coefficient (Wildman–Crippen LogP) is 2.03. The van der Waals surface area contributed by atoms with Gasteiger partial charge in [0, 0.05) is 43.4 Å². The molecule has 2 aromatic rings. The van der Waals surface area contributed by atoms with E-state index in [4.69, 9.17) is 4.74 Å². The minimum atomic E-state index is 0.411. The number of pyridine rings is 1. The summed E-state index contributed by atoms with van der Waals surface area (Å²) in [6, 6.07) is 7.99. The van der Waals surface area contributed by atoms with E-state index in [1.165, 1.54) is 0 Å². The van der Waals surface area contributed by atoms with Crippen molar-refractivity contribution >= 4 is 5.82 Å². The highest BCUT2D eigenvalue weighted by Gasteiger charge is 2.19. The van der Waals surface area contributed by atoms with Crippen LogP contribution in [0.1, 0.15) is 23.7 Å². The van der Waals surface area contributed by atoms with Crippen molar-refractivity contribution in [3.8, 4) is 0 Å². The Bertz CT molecular complexity index is 541. The fourth-order valence-electron chi connectivity index (χ4n) is 2.32. The summed E-state index contributed by atoms with van der Waals surface area (Å²) in [6.45, 7) is 2.41. The average Bonchev–Trinajstić information content (AvgIpc) is 3.03. The Morgan fingerprint density at radius 1 is 1.25 bits per heavy atom. The van der Waals surface area contributed by atoms with Gasteiger partial charge in [0.05, 0.1) is 12.3 Å². The minimum absolute atomic E-state index is 0.411. The SMILES string of the molecule is c1ccc(CCNc2cc([C@H]3CCOC3)ncn2)nc1. The first-order chi connectivity index (χ1) is 9.92. The zero-order valence-electron chi connectivity index (χ0n) is 11.3. The van der Waals surface area contributed by atoms with Gasteiger partial charge in [0.15, 0.2) is 0 Å². The molecule has 1 fully saturated rings. The third-order valence-corrected chi connectivity index (χ3v) is 3.45. The lowest BCUT2D eigenvalue weighted by Crippen LogP contribution is -2.09. The summed E-state index contributed by atoms with van der Waals surface area (Å²) in [5.41, 5.74) is 2.15. The lowest BCUT2D eigenvalue weighted by atomic mass is 10.1. The van der Waals surface area contributed by atoms with E-state index in [0.717, 1.165) is 49.8 Å². The third-order valence-electron chi connectivity index (χ3n) is 3.45. The minimum Gasteiger partial charge on any atom is -0.381 e. The van der Waals surface area contributed by atoms with Crippen LogP contribution in [0.25, 0.3) is 0 Å². The fraction of sp³-hybridized carbons (Fsp3) is 0.400. The maximum atomic E-state index is 5.40. The Morgan fingerprint density at radius 3 is 3.05 bits per heavy atom. The topological polar surface area (TPSA) is 59.9 Å². The molecule has 5 heteroatoms. The third kappa shape index (κ3) is 3.30. The van der Waals surface area contributed by atoms with Gasteiger partial charge in [-0.1, -0.05) is 6.07 Å². The van der Waals surface area contributed by atoms with Crippen LogP contribution in [0.2, 0.25) is 0 Å². The quantitative estimate of drug-likeness (QED) is 0.900. The summed E-state index contributed by atoms with van der Waals surface area (Å²) < 4.78 is 5.40. The molecular weight excluding hydrogens is 252 g/mol. The van der Waals surface area contributed by atoms with Gasteiger partial charge in [0.2, 0.25) is 0 Å².